The van der Waals surface area contributed by atoms with Gasteiger partial charge in [-0.3, -0.25) is 0 Å². The van der Waals surface area contributed by atoms with E-state index < -0.39 is 0 Å². The lowest BCUT2D eigenvalue weighted by Crippen LogP contribution is -2.00. The molecule has 0 heterocycles. The Hall–Kier alpha value is -5.08. The van der Waals surface area contributed by atoms with Crippen molar-refractivity contribution in [1.82, 2.24) is 0 Å². The van der Waals surface area contributed by atoms with Crippen LogP contribution in [0.4, 0.5) is 11.4 Å². The van der Waals surface area contributed by atoms with Gasteiger partial charge in [-0.15, -0.1) is 0 Å². The highest BCUT2D eigenvalue weighted by Crippen LogP contribution is 2.23. The Morgan fingerprint density at radius 2 is 0.646 bits per heavy atom. The lowest BCUT2D eigenvalue weighted by Gasteiger charge is -2.13. The summed E-state index contributed by atoms with van der Waals surface area (Å²) in [7, 11) is 0. The second kappa shape index (κ2) is 16.2. The molecule has 2 heteroatoms. The van der Waals surface area contributed by atoms with E-state index >= 15 is 0 Å². The van der Waals surface area contributed by atoms with Gasteiger partial charge in [0.1, 0.15) is 0 Å². The lowest BCUT2D eigenvalue weighted by molar-refractivity contribution is 0.713. The Morgan fingerprint density at radius 1 is 0.333 bits per heavy atom. The number of unbranched alkanes of at least 4 members (excludes halogenated alkanes) is 2. The van der Waals surface area contributed by atoms with Gasteiger partial charge in [-0.1, -0.05) is 135 Å². The molecule has 0 aliphatic heterocycles. The minimum Gasteiger partial charge on any atom is -0.399 e. The summed E-state index contributed by atoms with van der Waals surface area (Å²) in [6.07, 6.45) is 9.63. The highest BCUT2D eigenvalue weighted by Gasteiger charge is 2.08. The Morgan fingerprint density at radius 3 is 1.02 bits per heavy atom. The van der Waals surface area contributed by atoms with E-state index in [4.69, 9.17) is 11.5 Å². The highest BCUT2D eigenvalue weighted by molar-refractivity contribution is 5.43. The summed E-state index contributed by atoms with van der Waals surface area (Å²) >= 11 is 0. The van der Waals surface area contributed by atoms with Crippen molar-refractivity contribution in [3.05, 3.63) is 201 Å². The maximum Gasteiger partial charge on any atom is 0.0314 e. The monoisotopic (exact) mass is 628 g/mol. The minimum absolute atomic E-state index is 0.810. The number of hydrogen-bond donors (Lipinski definition) is 2. The Bertz CT molecular complexity index is 1870. The Labute approximate surface area is 287 Å². The molecule has 0 amide bonds. The molecule has 0 unspecified atom stereocenters. The number of benzene rings is 6. The van der Waals surface area contributed by atoms with Crippen molar-refractivity contribution >= 4 is 11.4 Å². The Kier molecular flexibility index (Phi) is 11.1. The van der Waals surface area contributed by atoms with Crippen molar-refractivity contribution in [3.63, 3.8) is 0 Å². The normalized spacial score (nSPS) is 11.1. The van der Waals surface area contributed by atoms with Gasteiger partial charge in [0.15, 0.2) is 0 Å². The molecule has 0 spiro atoms. The quantitative estimate of drug-likeness (QED) is 0.0931. The van der Waals surface area contributed by atoms with Gasteiger partial charge in [0.05, 0.1) is 0 Å². The third kappa shape index (κ3) is 9.48. The van der Waals surface area contributed by atoms with E-state index in [0.717, 1.165) is 49.9 Å². The number of anilines is 2. The summed E-state index contributed by atoms with van der Waals surface area (Å²) < 4.78 is 0. The van der Waals surface area contributed by atoms with Crippen molar-refractivity contribution in [2.75, 3.05) is 11.5 Å². The van der Waals surface area contributed by atoms with Gasteiger partial charge >= 0.3 is 0 Å². The molecule has 0 aromatic heterocycles. The van der Waals surface area contributed by atoms with Crippen LogP contribution in [0.2, 0.25) is 0 Å². The van der Waals surface area contributed by atoms with Crippen molar-refractivity contribution < 1.29 is 0 Å². The zero-order valence-corrected chi connectivity index (χ0v) is 28.3. The number of aryl methyl sites for hydroxylation is 1. The molecule has 48 heavy (non-hydrogen) atoms. The number of hydrogen-bond acceptors (Lipinski definition) is 2. The molecule has 6 rings (SSSR count). The molecule has 4 N–H and O–H groups in total. The van der Waals surface area contributed by atoms with Crippen LogP contribution < -0.4 is 11.5 Å². The van der Waals surface area contributed by atoms with Crippen LogP contribution in [0.15, 0.2) is 140 Å². The fourth-order valence-corrected chi connectivity index (χ4v) is 6.52. The van der Waals surface area contributed by atoms with Crippen LogP contribution in [0.3, 0.4) is 0 Å². The predicted molar refractivity (Wildman–Crippen MR) is 205 cm³/mol. The topological polar surface area (TPSA) is 52.0 Å². The first-order valence-electron chi connectivity index (χ1n) is 17.5. The predicted octanol–water partition coefficient (Wildman–Crippen LogP) is 10.5. The van der Waals surface area contributed by atoms with Crippen LogP contribution in [0, 0.1) is 0 Å². The zero-order valence-electron chi connectivity index (χ0n) is 28.3. The van der Waals surface area contributed by atoms with Crippen molar-refractivity contribution in [2.45, 2.75) is 64.7 Å². The van der Waals surface area contributed by atoms with E-state index in [9.17, 15) is 0 Å². The summed E-state index contributed by atoms with van der Waals surface area (Å²) in [6.45, 7) is 2.28. The Balaban J connectivity index is 1.07. The minimum atomic E-state index is 0.810. The average Bonchev–Trinajstić information content (AvgIpc) is 3.10. The molecule has 0 saturated heterocycles. The van der Waals surface area contributed by atoms with Crippen LogP contribution in [0.1, 0.15) is 87.4 Å². The maximum absolute atomic E-state index is 5.86. The zero-order chi connectivity index (χ0) is 33.1. The summed E-state index contributed by atoms with van der Waals surface area (Å²) in [5, 5.41) is 0. The van der Waals surface area contributed by atoms with Crippen molar-refractivity contribution in [3.8, 4) is 0 Å². The molecule has 6 aromatic rings. The molecule has 6 aromatic carbocycles. The van der Waals surface area contributed by atoms with Gasteiger partial charge in [0, 0.05) is 11.4 Å². The molecular formula is C46H48N2. The number of nitrogen functional groups attached to an aromatic ring is 2. The second-order valence-electron chi connectivity index (χ2n) is 13.4. The van der Waals surface area contributed by atoms with Crippen LogP contribution in [0.25, 0.3) is 0 Å². The molecule has 0 bridgehead atoms. The molecule has 0 radical (unpaired) electrons. The summed E-state index contributed by atoms with van der Waals surface area (Å²) in [4.78, 5) is 0. The van der Waals surface area contributed by atoms with Crippen molar-refractivity contribution in [2.24, 2.45) is 0 Å². The van der Waals surface area contributed by atoms with Crippen molar-refractivity contribution in [1.29, 1.82) is 0 Å². The standard InChI is InChI=1S/C46H48N2/c1-2-3-4-5-43-33-42(18-23-44(43)32-41-16-14-37(15-17-41)30-40-21-26-46(48)27-22-40)31-38-12-10-35(11-13-38)28-34-6-8-36(9-7-34)29-39-19-24-45(47)25-20-39/h6-27,33H,2-5,28-32,47-48H2,1H3. The molecule has 2 nitrogen and oxygen atoms in total. The molecular weight excluding hydrogens is 581 g/mol. The fourth-order valence-electron chi connectivity index (χ4n) is 6.52. The lowest BCUT2D eigenvalue weighted by atomic mass is 9.92. The molecule has 0 aliphatic rings. The first kappa shape index (κ1) is 32.8. The van der Waals surface area contributed by atoms with Crippen LogP contribution in [-0.4, -0.2) is 0 Å². The van der Waals surface area contributed by atoms with Gasteiger partial charge in [-0.25, -0.2) is 0 Å². The molecule has 0 fully saturated rings. The smallest absolute Gasteiger partial charge is 0.0314 e. The number of rotatable bonds is 14. The largest absolute Gasteiger partial charge is 0.399 e. The van der Waals surface area contributed by atoms with E-state index in [-0.39, 0.29) is 0 Å². The third-order valence-corrected chi connectivity index (χ3v) is 9.38. The fraction of sp³-hybridized carbons (Fsp3) is 0.217. The van der Waals surface area contributed by atoms with Crippen LogP contribution in [-0.2, 0) is 38.5 Å². The van der Waals surface area contributed by atoms with E-state index in [1.807, 2.05) is 24.3 Å². The number of nitrogens with two attached hydrogens (primary N) is 2. The van der Waals surface area contributed by atoms with E-state index in [1.54, 1.807) is 0 Å². The summed E-state index contributed by atoms with van der Waals surface area (Å²) in [5.74, 6) is 0. The summed E-state index contributed by atoms with van der Waals surface area (Å²) in [6, 6.07) is 50.9. The molecule has 0 atom stereocenters. The first-order valence-corrected chi connectivity index (χ1v) is 17.5. The molecule has 0 saturated carbocycles. The van der Waals surface area contributed by atoms with Gasteiger partial charge in [0.25, 0.3) is 0 Å². The van der Waals surface area contributed by atoms with Crippen LogP contribution in [0.5, 0.6) is 0 Å². The van der Waals surface area contributed by atoms with Gasteiger partial charge < -0.3 is 11.5 Å². The summed E-state index contributed by atoms with van der Waals surface area (Å²) in [5.41, 5.74) is 28.3. The molecule has 0 aliphatic carbocycles. The highest BCUT2D eigenvalue weighted by atomic mass is 14.5. The first-order chi connectivity index (χ1) is 23.5. The van der Waals surface area contributed by atoms with E-state index in [0.29, 0.717) is 0 Å². The van der Waals surface area contributed by atoms with E-state index in [2.05, 4.69) is 122 Å². The van der Waals surface area contributed by atoms with E-state index in [1.165, 1.54) is 80.5 Å². The average molecular weight is 629 g/mol. The maximum atomic E-state index is 5.86. The van der Waals surface area contributed by atoms with Gasteiger partial charge in [-0.2, -0.15) is 0 Å². The van der Waals surface area contributed by atoms with Gasteiger partial charge in [0.2, 0.25) is 0 Å². The second-order valence-corrected chi connectivity index (χ2v) is 13.4. The van der Waals surface area contributed by atoms with Gasteiger partial charge in [-0.05, 0) is 130 Å². The molecule has 242 valence electrons. The SMILES string of the molecule is CCCCCc1cc(Cc2ccc(Cc3ccc(Cc4ccc(N)cc4)cc3)cc2)ccc1Cc1ccc(Cc2ccc(N)cc2)cc1. The van der Waals surface area contributed by atoms with Crippen LogP contribution >= 0.6 is 0 Å². The third-order valence-electron chi connectivity index (χ3n) is 9.38.